The number of allylic oxidation sites excluding steroid dienone is 1. The molecule has 0 aliphatic heterocycles. The van der Waals surface area contributed by atoms with Gasteiger partial charge in [0.1, 0.15) is 5.69 Å². The van der Waals surface area contributed by atoms with Crippen LogP contribution in [0.1, 0.15) is 31.3 Å². The normalized spacial score (nSPS) is 11.2. The van der Waals surface area contributed by atoms with E-state index in [-0.39, 0.29) is 5.91 Å². The number of fused-ring (bicyclic) bond motifs is 1. The quantitative estimate of drug-likeness (QED) is 0.839. The average Bonchev–Trinajstić information content (AvgIpc) is 2.88. The van der Waals surface area contributed by atoms with E-state index < -0.39 is 0 Å². The Kier molecular flexibility index (Phi) is 3.79. The fourth-order valence-corrected chi connectivity index (χ4v) is 1.99. The third kappa shape index (κ3) is 2.89. The second kappa shape index (κ2) is 5.34. The van der Waals surface area contributed by atoms with Crippen LogP contribution in [0.2, 0.25) is 0 Å². The highest BCUT2D eigenvalue weighted by Crippen LogP contribution is 2.22. The molecule has 0 saturated heterocycles. The summed E-state index contributed by atoms with van der Waals surface area (Å²) in [4.78, 5) is 12.2. The molecule has 1 amide bonds. The molecule has 0 aliphatic rings. The Hall–Kier alpha value is -1.97. The molecule has 0 atom stereocenters. The van der Waals surface area contributed by atoms with Crippen molar-refractivity contribution < 1.29 is 9.21 Å². The molecule has 4 heteroatoms. The van der Waals surface area contributed by atoms with Crippen molar-refractivity contribution in [3.05, 3.63) is 36.2 Å². The number of aromatic nitrogens is 1. The first kappa shape index (κ1) is 13.5. The smallest absolute Gasteiger partial charge is 0.268 e. The van der Waals surface area contributed by atoms with Crippen LogP contribution in [0.15, 0.2) is 35.0 Å². The van der Waals surface area contributed by atoms with Gasteiger partial charge < -0.3 is 14.3 Å². The molecule has 2 rings (SSSR count). The van der Waals surface area contributed by atoms with E-state index in [1.54, 1.807) is 12.3 Å². The third-order valence-corrected chi connectivity index (χ3v) is 2.85. The van der Waals surface area contributed by atoms with Gasteiger partial charge in [-0.3, -0.25) is 4.79 Å². The number of nitrogens with one attached hydrogen (secondary N) is 1. The van der Waals surface area contributed by atoms with Gasteiger partial charge in [0.25, 0.3) is 5.91 Å². The van der Waals surface area contributed by atoms with Crippen LogP contribution < -0.4 is 5.32 Å². The zero-order valence-electron chi connectivity index (χ0n) is 11.7. The number of carbonyl (C=O) groups is 1. The summed E-state index contributed by atoms with van der Waals surface area (Å²) >= 11 is 0. The molecule has 0 unspecified atom stereocenters. The molecule has 2 aromatic heterocycles. The van der Waals surface area contributed by atoms with Crippen LogP contribution in [-0.4, -0.2) is 17.0 Å². The second-order valence-electron chi connectivity index (χ2n) is 5.35. The van der Waals surface area contributed by atoms with Crippen LogP contribution in [0.25, 0.3) is 11.1 Å². The standard InChI is InChI=1S/C15H20N2O2/c1-10(2)8-16-15(18)13-7-14-12(5-6-19-14)17(13)9-11(3)4/h5-7,10H,3,8-9H2,1-2,4H3,(H,16,18). The predicted molar refractivity (Wildman–Crippen MR) is 76.2 cm³/mol. The Morgan fingerprint density at radius 2 is 2.26 bits per heavy atom. The minimum Gasteiger partial charge on any atom is -0.463 e. The Morgan fingerprint density at radius 3 is 2.89 bits per heavy atom. The van der Waals surface area contributed by atoms with Gasteiger partial charge in [-0.15, -0.1) is 0 Å². The molecular weight excluding hydrogens is 240 g/mol. The van der Waals surface area contributed by atoms with Gasteiger partial charge in [-0.25, -0.2) is 0 Å². The average molecular weight is 260 g/mol. The Labute approximate surface area is 113 Å². The summed E-state index contributed by atoms with van der Waals surface area (Å²) in [5, 5.41) is 2.93. The van der Waals surface area contributed by atoms with Crippen molar-refractivity contribution in [1.82, 2.24) is 9.88 Å². The van der Waals surface area contributed by atoms with E-state index in [4.69, 9.17) is 4.42 Å². The Balaban J connectivity index is 2.32. The molecule has 102 valence electrons. The SMILES string of the molecule is C=C(C)Cn1c(C(=O)NCC(C)C)cc2occc21. The van der Waals surface area contributed by atoms with Gasteiger partial charge in [-0.05, 0) is 12.8 Å². The number of carbonyl (C=O) groups excluding carboxylic acids is 1. The summed E-state index contributed by atoms with van der Waals surface area (Å²) in [5.74, 6) is 0.359. The summed E-state index contributed by atoms with van der Waals surface area (Å²) in [6.45, 7) is 11.3. The number of hydrogen-bond donors (Lipinski definition) is 1. The van der Waals surface area contributed by atoms with E-state index in [0.717, 1.165) is 16.7 Å². The van der Waals surface area contributed by atoms with Gasteiger partial charge >= 0.3 is 0 Å². The van der Waals surface area contributed by atoms with Crippen molar-refractivity contribution in [3.63, 3.8) is 0 Å². The molecule has 0 fully saturated rings. The zero-order chi connectivity index (χ0) is 14.0. The first-order chi connectivity index (χ1) is 8.99. The van der Waals surface area contributed by atoms with Crippen molar-refractivity contribution in [2.45, 2.75) is 27.3 Å². The maximum Gasteiger partial charge on any atom is 0.268 e. The highest BCUT2D eigenvalue weighted by atomic mass is 16.3. The van der Waals surface area contributed by atoms with Crippen LogP contribution in [0.4, 0.5) is 0 Å². The van der Waals surface area contributed by atoms with Crippen molar-refractivity contribution in [2.24, 2.45) is 5.92 Å². The minimum absolute atomic E-state index is 0.0682. The molecule has 2 heterocycles. The molecule has 19 heavy (non-hydrogen) atoms. The van der Waals surface area contributed by atoms with Crippen molar-refractivity contribution in [3.8, 4) is 0 Å². The predicted octanol–water partition coefficient (Wildman–Crippen LogP) is 3.20. The Bertz CT molecular complexity index is 605. The fourth-order valence-electron chi connectivity index (χ4n) is 1.99. The molecule has 0 spiro atoms. The summed E-state index contributed by atoms with van der Waals surface area (Å²) in [6, 6.07) is 3.66. The van der Waals surface area contributed by atoms with Gasteiger partial charge in [0.15, 0.2) is 5.58 Å². The van der Waals surface area contributed by atoms with Gasteiger partial charge in [-0.2, -0.15) is 0 Å². The van der Waals surface area contributed by atoms with Crippen molar-refractivity contribution in [2.75, 3.05) is 6.54 Å². The van der Waals surface area contributed by atoms with Crippen LogP contribution in [0.5, 0.6) is 0 Å². The lowest BCUT2D eigenvalue weighted by Gasteiger charge is -2.11. The summed E-state index contributed by atoms with van der Waals surface area (Å²) < 4.78 is 7.31. The number of hydrogen-bond acceptors (Lipinski definition) is 2. The molecule has 0 saturated carbocycles. The zero-order valence-corrected chi connectivity index (χ0v) is 11.7. The molecule has 4 nitrogen and oxygen atoms in total. The fraction of sp³-hybridized carbons (Fsp3) is 0.400. The highest BCUT2D eigenvalue weighted by molar-refractivity contribution is 5.97. The number of nitrogens with zero attached hydrogens (tertiary/aromatic N) is 1. The lowest BCUT2D eigenvalue weighted by molar-refractivity contribution is 0.0940. The summed E-state index contributed by atoms with van der Waals surface area (Å²) in [7, 11) is 0. The Morgan fingerprint density at radius 1 is 1.53 bits per heavy atom. The van der Waals surface area contributed by atoms with Gasteiger partial charge in [0.2, 0.25) is 0 Å². The molecule has 0 bridgehead atoms. The molecule has 0 radical (unpaired) electrons. The highest BCUT2D eigenvalue weighted by Gasteiger charge is 2.17. The van der Waals surface area contributed by atoms with Crippen LogP contribution in [0, 0.1) is 5.92 Å². The van der Waals surface area contributed by atoms with Gasteiger partial charge in [-0.1, -0.05) is 26.0 Å². The minimum atomic E-state index is -0.0682. The van der Waals surface area contributed by atoms with Crippen molar-refractivity contribution >= 4 is 17.0 Å². The number of amides is 1. The summed E-state index contributed by atoms with van der Waals surface area (Å²) in [6.07, 6.45) is 1.63. The van der Waals surface area contributed by atoms with Crippen molar-refractivity contribution in [1.29, 1.82) is 0 Å². The van der Waals surface area contributed by atoms with E-state index in [1.807, 2.05) is 17.6 Å². The largest absolute Gasteiger partial charge is 0.463 e. The van der Waals surface area contributed by atoms with E-state index in [0.29, 0.717) is 24.7 Å². The molecule has 0 aliphatic carbocycles. The maximum absolute atomic E-state index is 12.2. The molecule has 0 aromatic carbocycles. The number of furan rings is 1. The third-order valence-electron chi connectivity index (χ3n) is 2.85. The second-order valence-corrected chi connectivity index (χ2v) is 5.35. The van der Waals surface area contributed by atoms with E-state index >= 15 is 0 Å². The van der Waals surface area contributed by atoms with Crippen LogP contribution in [0.3, 0.4) is 0 Å². The molecule has 1 N–H and O–H groups in total. The summed E-state index contributed by atoms with van der Waals surface area (Å²) in [5.41, 5.74) is 3.28. The first-order valence-corrected chi connectivity index (χ1v) is 6.48. The van der Waals surface area contributed by atoms with E-state index in [1.165, 1.54) is 0 Å². The monoisotopic (exact) mass is 260 g/mol. The van der Waals surface area contributed by atoms with Gasteiger partial charge in [0, 0.05) is 25.2 Å². The topological polar surface area (TPSA) is 47.2 Å². The number of rotatable bonds is 5. The lowest BCUT2D eigenvalue weighted by atomic mass is 10.2. The molecule has 2 aromatic rings. The van der Waals surface area contributed by atoms with Gasteiger partial charge in [0.05, 0.1) is 11.8 Å². The van der Waals surface area contributed by atoms with Crippen LogP contribution in [-0.2, 0) is 6.54 Å². The molecular formula is C15H20N2O2. The first-order valence-electron chi connectivity index (χ1n) is 6.48. The lowest BCUT2D eigenvalue weighted by Crippen LogP contribution is -2.29. The maximum atomic E-state index is 12.2. The van der Waals surface area contributed by atoms with E-state index in [9.17, 15) is 4.79 Å². The van der Waals surface area contributed by atoms with E-state index in [2.05, 4.69) is 25.7 Å². The van der Waals surface area contributed by atoms with Crippen LogP contribution >= 0.6 is 0 Å².